The van der Waals surface area contributed by atoms with E-state index >= 15 is 0 Å². The monoisotopic (exact) mass is 252 g/mol. The molecule has 0 saturated carbocycles. The van der Waals surface area contributed by atoms with Gasteiger partial charge in [0.15, 0.2) is 0 Å². The van der Waals surface area contributed by atoms with E-state index in [0.717, 1.165) is 24.7 Å². The van der Waals surface area contributed by atoms with Crippen LogP contribution in [0.5, 0.6) is 0 Å². The molecule has 104 valence electrons. The van der Waals surface area contributed by atoms with Gasteiger partial charge in [0, 0.05) is 26.3 Å². The molecular formula is C14H28N4. The molecule has 0 spiro atoms. The van der Waals surface area contributed by atoms with Crippen molar-refractivity contribution in [2.75, 3.05) is 25.0 Å². The van der Waals surface area contributed by atoms with E-state index in [1.54, 1.807) is 0 Å². The summed E-state index contributed by atoms with van der Waals surface area (Å²) in [7, 11) is 2.09. The number of hydrogen-bond donors (Lipinski definition) is 1. The van der Waals surface area contributed by atoms with E-state index in [1.165, 1.54) is 0 Å². The molecule has 0 unspecified atom stereocenters. The second-order valence-electron chi connectivity index (χ2n) is 6.45. The molecule has 1 heterocycles. The van der Waals surface area contributed by atoms with E-state index in [2.05, 4.69) is 55.4 Å². The van der Waals surface area contributed by atoms with Gasteiger partial charge < -0.3 is 15.2 Å². The van der Waals surface area contributed by atoms with Crippen molar-refractivity contribution in [1.29, 1.82) is 0 Å². The molecular weight excluding hydrogens is 224 g/mol. The van der Waals surface area contributed by atoms with E-state index in [4.69, 9.17) is 5.73 Å². The highest BCUT2D eigenvalue weighted by molar-refractivity contribution is 5.32. The minimum Gasteiger partial charge on any atom is -0.345 e. The fourth-order valence-corrected chi connectivity index (χ4v) is 2.14. The summed E-state index contributed by atoms with van der Waals surface area (Å²) in [5.74, 6) is 1.66. The van der Waals surface area contributed by atoms with Gasteiger partial charge in [0.1, 0.15) is 0 Å². The van der Waals surface area contributed by atoms with Crippen molar-refractivity contribution >= 4 is 5.95 Å². The summed E-state index contributed by atoms with van der Waals surface area (Å²) in [6.45, 7) is 13.5. The molecule has 0 amide bonds. The molecule has 2 N–H and O–H groups in total. The summed E-state index contributed by atoms with van der Waals surface area (Å²) < 4.78 is 2.24. The van der Waals surface area contributed by atoms with Crippen LogP contribution in [0.3, 0.4) is 0 Å². The smallest absolute Gasteiger partial charge is 0.205 e. The molecule has 0 aliphatic heterocycles. The van der Waals surface area contributed by atoms with Crippen LogP contribution in [-0.2, 0) is 6.54 Å². The summed E-state index contributed by atoms with van der Waals surface area (Å²) in [4.78, 5) is 6.84. The number of hydrogen-bond acceptors (Lipinski definition) is 3. The van der Waals surface area contributed by atoms with Crippen molar-refractivity contribution in [1.82, 2.24) is 9.55 Å². The van der Waals surface area contributed by atoms with Crippen LogP contribution in [0.1, 0.15) is 33.4 Å². The molecule has 4 heteroatoms. The van der Waals surface area contributed by atoms with E-state index in [0.29, 0.717) is 12.5 Å². The Morgan fingerprint density at radius 1 is 1.44 bits per heavy atom. The molecule has 1 aromatic heterocycles. The molecule has 0 bridgehead atoms. The maximum atomic E-state index is 5.80. The fourth-order valence-electron chi connectivity index (χ4n) is 2.14. The van der Waals surface area contributed by atoms with Gasteiger partial charge in [0.05, 0.1) is 5.69 Å². The van der Waals surface area contributed by atoms with Crippen molar-refractivity contribution in [2.45, 2.75) is 41.2 Å². The Bertz CT molecular complexity index is 379. The Kier molecular flexibility index (Phi) is 4.79. The molecule has 0 saturated heterocycles. The van der Waals surface area contributed by atoms with Gasteiger partial charge in [-0.25, -0.2) is 4.98 Å². The molecule has 18 heavy (non-hydrogen) atoms. The van der Waals surface area contributed by atoms with E-state index in [9.17, 15) is 0 Å². The van der Waals surface area contributed by atoms with Gasteiger partial charge in [0.25, 0.3) is 0 Å². The summed E-state index contributed by atoms with van der Waals surface area (Å²) in [6.07, 6.45) is 2.13. The van der Waals surface area contributed by atoms with Crippen LogP contribution in [-0.4, -0.2) is 29.7 Å². The standard InChI is InChI=1S/C14H28N4/c1-11(2)7-18-8-12(3)16-13(18)17(6)10-14(4,5)9-15/h8,11H,7,9-10,15H2,1-6H3. The van der Waals surface area contributed by atoms with Crippen molar-refractivity contribution in [3.8, 4) is 0 Å². The summed E-state index contributed by atoms with van der Waals surface area (Å²) in [5, 5.41) is 0. The van der Waals surface area contributed by atoms with Crippen molar-refractivity contribution in [2.24, 2.45) is 17.1 Å². The number of anilines is 1. The Morgan fingerprint density at radius 3 is 2.56 bits per heavy atom. The van der Waals surface area contributed by atoms with Crippen LogP contribution in [0.4, 0.5) is 5.95 Å². The quantitative estimate of drug-likeness (QED) is 0.845. The van der Waals surface area contributed by atoms with Gasteiger partial charge in [-0.15, -0.1) is 0 Å². The van der Waals surface area contributed by atoms with E-state index in [-0.39, 0.29) is 5.41 Å². The lowest BCUT2D eigenvalue weighted by Crippen LogP contribution is -2.38. The lowest BCUT2D eigenvalue weighted by Gasteiger charge is -2.30. The van der Waals surface area contributed by atoms with Crippen molar-refractivity contribution in [3.05, 3.63) is 11.9 Å². The number of imidazole rings is 1. The first-order valence-electron chi connectivity index (χ1n) is 6.70. The number of nitrogens with two attached hydrogens (primary N) is 1. The number of rotatable bonds is 6. The highest BCUT2D eigenvalue weighted by Gasteiger charge is 2.21. The van der Waals surface area contributed by atoms with Gasteiger partial charge in [0.2, 0.25) is 5.95 Å². The van der Waals surface area contributed by atoms with Crippen LogP contribution in [0.25, 0.3) is 0 Å². The third kappa shape index (κ3) is 4.02. The zero-order valence-corrected chi connectivity index (χ0v) is 12.7. The third-order valence-electron chi connectivity index (χ3n) is 3.00. The molecule has 1 aromatic rings. The minimum atomic E-state index is 0.108. The summed E-state index contributed by atoms with van der Waals surface area (Å²) in [5.41, 5.74) is 6.98. The molecule has 0 fully saturated rings. The summed E-state index contributed by atoms with van der Waals surface area (Å²) in [6, 6.07) is 0. The lowest BCUT2D eigenvalue weighted by atomic mass is 9.93. The topological polar surface area (TPSA) is 47.1 Å². The first kappa shape index (κ1) is 15.0. The second kappa shape index (κ2) is 5.74. The molecule has 0 aliphatic rings. The number of aryl methyl sites for hydroxylation is 1. The van der Waals surface area contributed by atoms with Crippen LogP contribution in [0.2, 0.25) is 0 Å². The zero-order chi connectivity index (χ0) is 13.9. The first-order chi connectivity index (χ1) is 8.25. The average molecular weight is 252 g/mol. The first-order valence-corrected chi connectivity index (χ1v) is 6.70. The van der Waals surface area contributed by atoms with Crippen LogP contribution >= 0.6 is 0 Å². The van der Waals surface area contributed by atoms with E-state index < -0.39 is 0 Å². The Labute approximate surface area is 111 Å². The normalized spacial score (nSPS) is 12.2. The van der Waals surface area contributed by atoms with Crippen molar-refractivity contribution in [3.63, 3.8) is 0 Å². The number of nitrogens with zero attached hydrogens (tertiary/aromatic N) is 3. The third-order valence-corrected chi connectivity index (χ3v) is 3.00. The highest BCUT2D eigenvalue weighted by atomic mass is 15.3. The fraction of sp³-hybridized carbons (Fsp3) is 0.786. The molecule has 0 aliphatic carbocycles. The van der Waals surface area contributed by atoms with Crippen LogP contribution in [0.15, 0.2) is 6.20 Å². The van der Waals surface area contributed by atoms with Gasteiger partial charge in [-0.2, -0.15) is 0 Å². The number of aromatic nitrogens is 2. The zero-order valence-electron chi connectivity index (χ0n) is 12.7. The van der Waals surface area contributed by atoms with Gasteiger partial charge in [-0.05, 0) is 24.8 Å². The molecule has 1 rings (SSSR count). The maximum absolute atomic E-state index is 5.80. The second-order valence-corrected chi connectivity index (χ2v) is 6.45. The maximum Gasteiger partial charge on any atom is 0.205 e. The molecule has 0 atom stereocenters. The highest BCUT2D eigenvalue weighted by Crippen LogP contribution is 2.20. The minimum absolute atomic E-state index is 0.108. The van der Waals surface area contributed by atoms with E-state index in [1.807, 2.05) is 6.92 Å². The van der Waals surface area contributed by atoms with Crippen LogP contribution in [0, 0.1) is 18.3 Å². The largest absolute Gasteiger partial charge is 0.345 e. The van der Waals surface area contributed by atoms with Gasteiger partial charge in [-0.3, -0.25) is 0 Å². The predicted octanol–water partition coefficient (Wildman–Crippen LogP) is 2.27. The Hall–Kier alpha value is -1.03. The van der Waals surface area contributed by atoms with Crippen LogP contribution < -0.4 is 10.6 Å². The van der Waals surface area contributed by atoms with Crippen molar-refractivity contribution < 1.29 is 0 Å². The van der Waals surface area contributed by atoms with Gasteiger partial charge in [-0.1, -0.05) is 27.7 Å². The molecule has 0 radical (unpaired) electrons. The molecule has 0 aromatic carbocycles. The average Bonchev–Trinajstić information content (AvgIpc) is 2.58. The summed E-state index contributed by atoms with van der Waals surface area (Å²) >= 11 is 0. The molecule has 4 nitrogen and oxygen atoms in total. The SMILES string of the molecule is Cc1cn(CC(C)C)c(N(C)CC(C)(C)CN)n1. The Balaban J connectivity index is 2.87. The lowest BCUT2D eigenvalue weighted by molar-refractivity contribution is 0.380. The Morgan fingerprint density at radius 2 is 2.06 bits per heavy atom. The van der Waals surface area contributed by atoms with Gasteiger partial charge >= 0.3 is 0 Å². The predicted molar refractivity (Wildman–Crippen MR) is 77.9 cm³/mol.